The van der Waals surface area contributed by atoms with Gasteiger partial charge in [0.15, 0.2) is 5.78 Å². The highest BCUT2D eigenvalue weighted by Crippen LogP contribution is 2.28. The number of nitrogens with one attached hydrogen (secondary N) is 1. The number of ketones is 1. The highest BCUT2D eigenvalue weighted by molar-refractivity contribution is 5.98. The van der Waals surface area contributed by atoms with E-state index in [0.717, 1.165) is 36.6 Å². The van der Waals surface area contributed by atoms with E-state index in [2.05, 4.69) is 29.3 Å². The molecule has 1 aliphatic rings. The smallest absolute Gasteiger partial charge is 0.176 e. The minimum atomic E-state index is 0.137. The summed E-state index contributed by atoms with van der Waals surface area (Å²) in [7, 11) is 0. The maximum absolute atomic E-state index is 12.6. The Hall–Kier alpha value is -2.33. The van der Waals surface area contributed by atoms with Crippen molar-refractivity contribution in [2.45, 2.75) is 13.5 Å². The zero-order valence-corrected chi connectivity index (χ0v) is 13.4. The van der Waals surface area contributed by atoms with Crippen LogP contribution in [0, 0.1) is 0 Å². The number of anilines is 1. The third-order valence-electron chi connectivity index (χ3n) is 4.04. The molecule has 120 valence electrons. The van der Waals surface area contributed by atoms with Crippen molar-refractivity contribution in [3.63, 3.8) is 0 Å². The van der Waals surface area contributed by atoms with Crippen LogP contribution in [0.15, 0.2) is 48.5 Å². The summed E-state index contributed by atoms with van der Waals surface area (Å²) in [6.07, 6.45) is 0. The quantitative estimate of drug-likeness (QED) is 0.832. The van der Waals surface area contributed by atoms with E-state index in [1.54, 1.807) is 0 Å². The maximum atomic E-state index is 12.6. The Balaban J connectivity index is 1.67. The predicted molar refractivity (Wildman–Crippen MR) is 92.2 cm³/mol. The Labute approximate surface area is 137 Å². The van der Waals surface area contributed by atoms with Gasteiger partial charge < -0.3 is 10.1 Å². The number of fused-ring (bicyclic) bond motifs is 1. The number of nitrogens with zero attached hydrogens (tertiary/aromatic N) is 1. The third-order valence-corrected chi connectivity index (χ3v) is 4.04. The highest BCUT2D eigenvalue weighted by atomic mass is 16.5. The van der Waals surface area contributed by atoms with Crippen molar-refractivity contribution in [2.24, 2.45) is 0 Å². The molecule has 2 aromatic carbocycles. The fraction of sp³-hybridized carbons (Fsp3) is 0.316. The molecule has 0 fully saturated rings. The number of carbonyl (C=O) groups excluding carboxylic acids is 1. The zero-order valence-electron chi connectivity index (χ0n) is 13.4. The molecule has 0 aromatic heterocycles. The van der Waals surface area contributed by atoms with Crippen molar-refractivity contribution < 1.29 is 9.53 Å². The molecule has 1 N–H and O–H groups in total. The minimum Gasteiger partial charge on any atom is -0.490 e. The second-order valence-electron chi connectivity index (χ2n) is 5.70. The van der Waals surface area contributed by atoms with Gasteiger partial charge in [-0.05, 0) is 30.3 Å². The van der Waals surface area contributed by atoms with Crippen LogP contribution in [0.4, 0.5) is 5.69 Å². The van der Waals surface area contributed by atoms with Gasteiger partial charge in [0.25, 0.3) is 0 Å². The normalized spacial score (nSPS) is 13.1. The third kappa shape index (κ3) is 3.90. The van der Waals surface area contributed by atoms with Crippen LogP contribution in [0.3, 0.4) is 0 Å². The van der Waals surface area contributed by atoms with E-state index in [0.29, 0.717) is 13.2 Å². The summed E-state index contributed by atoms with van der Waals surface area (Å²) in [5.74, 6) is 0.961. The van der Waals surface area contributed by atoms with Crippen LogP contribution < -0.4 is 10.1 Å². The van der Waals surface area contributed by atoms with Gasteiger partial charge in [0.2, 0.25) is 0 Å². The van der Waals surface area contributed by atoms with Gasteiger partial charge in [0.05, 0.1) is 12.2 Å². The zero-order chi connectivity index (χ0) is 16.1. The van der Waals surface area contributed by atoms with E-state index in [-0.39, 0.29) is 5.78 Å². The first-order chi connectivity index (χ1) is 11.3. The number of hydrogen-bond donors (Lipinski definition) is 1. The molecule has 23 heavy (non-hydrogen) atoms. The summed E-state index contributed by atoms with van der Waals surface area (Å²) in [5.41, 5.74) is 2.86. The Morgan fingerprint density at radius 2 is 2.04 bits per heavy atom. The molecule has 0 unspecified atom stereocenters. The summed E-state index contributed by atoms with van der Waals surface area (Å²) in [5, 5.41) is 3.27. The average Bonchev–Trinajstić information content (AvgIpc) is 2.61. The average molecular weight is 310 g/mol. The number of benzene rings is 2. The first-order valence-corrected chi connectivity index (χ1v) is 8.06. The molecule has 2 aromatic rings. The van der Waals surface area contributed by atoms with Gasteiger partial charge in [-0.15, -0.1) is 0 Å². The number of hydrogen-bond acceptors (Lipinski definition) is 4. The fourth-order valence-electron chi connectivity index (χ4n) is 2.73. The van der Waals surface area contributed by atoms with Crippen molar-refractivity contribution >= 4 is 11.5 Å². The second kappa shape index (κ2) is 7.29. The molecule has 1 heterocycles. The van der Waals surface area contributed by atoms with E-state index in [1.807, 2.05) is 36.4 Å². The molecule has 1 aliphatic heterocycles. The van der Waals surface area contributed by atoms with Gasteiger partial charge in [-0.3, -0.25) is 9.69 Å². The lowest BCUT2D eigenvalue weighted by Gasteiger charge is -2.21. The lowest BCUT2D eigenvalue weighted by Crippen LogP contribution is -2.29. The lowest BCUT2D eigenvalue weighted by atomic mass is 10.1. The summed E-state index contributed by atoms with van der Waals surface area (Å²) in [6, 6.07) is 15.9. The summed E-state index contributed by atoms with van der Waals surface area (Å²) >= 11 is 0. The Morgan fingerprint density at radius 3 is 2.83 bits per heavy atom. The number of likely N-dealkylation sites (N-methyl/N-ethyl adjacent to an activating group) is 1. The van der Waals surface area contributed by atoms with Gasteiger partial charge in [-0.25, -0.2) is 0 Å². The van der Waals surface area contributed by atoms with E-state index in [1.165, 1.54) is 5.56 Å². The van der Waals surface area contributed by atoms with Crippen LogP contribution in [0.5, 0.6) is 5.75 Å². The van der Waals surface area contributed by atoms with Gasteiger partial charge in [0, 0.05) is 18.7 Å². The molecule has 4 nitrogen and oxygen atoms in total. The number of ether oxygens (including phenoxy) is 1. The number of Topliss-reactive ketones (excluding diaryl/α,β-unsaturated/α-hetero) is 1. The summed E-state index contributed by atoms with van der Waals surface area (Å²) in [6.45, 7) is 5.58. The van der Waals surface area contributed by atoms with Crippen LogP contribution in [-0.4, -0.2) is 36.9 Å². The molecule has 4 heteroatoms. The molecule has 0 saturated heterocycles. The molecule has 0 atom stereocenters. The Kier molecular flexibility index (Phi) is 4.93. The maximum Gasteiger partial charge on any atom is 0.176 e. The predicted octanol–water partition coefficient (Wildman–Crippen LogP) is 3.20. The second-order valence-corrected chi connectivity index (χ2v) is 5.70. The van der Waals surface area contributed by atoms with Gasteiger partial charge in [-0.2, -0.15) is 0 Å². The van der Waals surface area contributed by atoms with Crippen LogP contribution >= 0.6 is 0 Å². The van der Waals surface area contributed by atoms with Crippen molar-refractivity contribution in [3.05, 3.63) is 59.7 Å². The molecule has 0 amide bonds. The first-order valence-electron chi connectivity index (χ1n) is 8.06. The molecule has 0 saturated carbocycles. The van der Waals surface area contributed by atoms with Gasteiger partial charge in [0.1, 0.15) is 12.4 Å². The van der Waals surface area contributed by atoms with Crippen molar-refractivity contribution in [1.29, 1.82) is 0 Å². The summed E-state index contributed by atoms with van der Waals surface area (Å²) < 4.78 is 5.56. The van der Waals surface area contributed by atoms with Crippen LogP contribution in [0.2, 0.25) is 0 Å². The topological polar surface area (TPSA) is 41.6 Å². The fourth-order valence-corrected chi connectivity index (χ4v) is 2.73. The van der Waals surface area contributed by atoms with Crippen molar-refractivity contribution in [3.8, 4) is 5.75 Å². The molecular weight excluding hydrogens is 288 g/mol. The van der Waals surface area contributed by atoms with Crippen molar-refractivity contribution in [2.75, 3.05) is 31.6 Å². The molecule has 0 radical (unpaired) electrons. The molecule has 0 aliphatic carbocycles. The van der Waals surface area contributed by atoms with E-state index in [4.69, 9.17) is 4.74 Å². The van der Waals surface area contributed by atoms with Crippen LogP contribution in [-0.2, 0) is 6.54 Å². The number of carbonyl (C=O) groups is 1. The molecule has 3 rings (SSSR count). The van der Waals surface area contributed by atoms with Crippen LogP contribution in [0.1, 0.15) is 22.8 Å². The number of rotatable bonds is 6. The van der Waals surface area contributed by atoms with Gasteiger partial charge >= 0.3 is 0 Å². The van der Waals surface area contributed by atoms with Gasteiger partial charge in [-0.1, -0.05) is 37.3 Å². The Bertz CT molecular complexity index is 670. The first kappa shape index (κ1) is 15.6. The molecular formula is C19H22N2O2. The monoisotopic (exact) mass is 310 g/mol. The molecule has 0 bridgehead atoms. The largest absolute Gasteiger partial charge is 0.490 e. The highest BCUT2D eigenvalue weighted by Gasteiger charge is 2.15. The SMILES string of the molecule is CCN(CC(=O)c1ccc2c(c1)NCCO2)Cc1ccccc1. The van der Waals surface area contributed by atoms with Crippen molar-refractivity contribution in [1.82, 2.24) is 4.90 Å². The Morgan fingerprint density at radius 1 is 1.22 bits per heavy atom. The standard InChI is InChI=1S/C19H22N2O2/c1-2-21(13-15-6-4-3-5-7-15)14-18(22)16-8-9-19-17(12-16)20-10-11-23-19/h3-9,12,20H,2,10-11,13-14H2,1H3. The van der Waals surface area contributed by atoms with E-state index in [9.17, 15) is 4.79 Å². The summed E-state index contributed by atoms with van der Waals surface area (Å²) in [4.78, 5) is 14.7. The van der Waals surface area contributed by atoms with Crippen LogP contribution in [0.25, 0.3) is 0 Å². The van der Waals surface area contributed by atoms with E-state index >= 15 is 0 Å². The molecule has 0 spiro atoms. The minimum absolute atomic E-state index is 0.137. The van der Waals surface area contributed by atoms with E-state index < -0.39 is 0 Å². The lowest BCUT2D eigenvalue weighted by molar-refractivity contribution is 0.0929.